The van der Waals surface area contributed by atoms with Crippen LogP contribution < -0.4 is 0 Å². The summed E-state index contributed by atoms with van der Waals surface area (Å²) in [5.74, 6) is -1.01. The molecule has 3 rings (SSSR count). The summed E-state index contributed by atoms with van der Waals surface area (Å²) >= 11 is 3.06. The summed E-state index contributed by atoms with van der Waals surface area (Å²) in [6.07, 6.45) is 1.46. The summed E-state index contributed by atoms with van der Waals surface area (Å²) in [6, 6.07) is 8.40. The number of cyclic esters (lactones) is 1. The Labute approximate surface area is 132 Å². The minimum atomic E-state index is -0.647. The SMILES string of the molecule is O=C1O/C(=C\c2ccc(F)c(Br)c2)c2c1cccc2[N+](=O)[O-]. The van der Waals surface area contributed by atoms with Crippen LogP contribution in [-0.4, -0.2) is 10.9 Å². The maximum atomic E-state index is 13.2. The first-order valence-electron chi connectivity index (χ1n) is 6.14. The van der Waals surface area contributed by atoms with E-state index in [0.29, 0.717) is 5.56 Å². The number of nitro benzene ring substituents is 1. The van der Waals surface area contributed by atoms with Crippen LogP contribution in [0.5, 0.6) is 0 Å². The van der Waals surface area contributed by atoms with Crippen molar-refractivity contribution in [2.75, 3.05) is 0 Å². The van der Waals surface area contributed by atoms with Crippen molar-refractivity contribution >= 4 is 39.4 Å². The van der Waals surface area contributed by atoms with E-state index in [-0.39, 0.29) is 27.0 Å². The smallest absolute Gasteiger partial charge is 0.344 e. The normalized spacial score (nSPS) is 14.8. The van der Waals surface area contributed by atoms with Crippen molar-refractivity contribution in [1.82, 2.24) is 0 Å². The summed E-state index contributed by atoms with van der Waals surface area (Å²) in [6.45, 7) is 0. The van der Waals surface area contributed by atoms with Crippen molar-refractivity contribution in [3.05, 3.63) is 73.5 Å². The number of rotatable bonds is 2. The summed E-state index contributed by atoms with van der Waals surface area (Å²) < 4.78 is 18.6. The maximum absolute atomic E-state index is 13.2. The van der Waals surface area contributed by atoms with Crippen LogP contribution in [0, 0.1) is 15.9 Å². The van der Waals surface area contributed by atoms with Gasteiger partial charge in [-0.3, -0.25) is 10.1 Å². The lowest BCUT2D eigenvalue weighted by Crippen LogP contribution is -1.95. The number of hydrogen-bond acceptors (Lipinski definition) is 4. The Bertz CT molecular complexity index is 847. The van der Waals surface area contributed by atoms with Gasteiger partial charge in [0, 0.05) is 6.07 Å². The summed E-state index contributed by atoms with van der Waals surface area (Å²) in [5.41, 5.74) is 0.609. The number of nitrogens with zero attached hydrogens (tertiary/aromatic N) is 1. The molecule has 1 aliphatic heterocycles. The van der Waals surface area contributed by atoms with Gasteiger partial charge in [0.15, 0.2) is 0 Å². The minimum absolute atomic E-state index is 0.0748. The second-order valence-electron chi connectivity index (χ2n) is 4.53. The predicted molar refractivity (Wildman–Crippen MR) is 80.5 cm³/mol. The molecule has 5 nitrogen and oxygen atoms in total. The zero-order valence-electron chi connectivity index (χ0n) is 10.9. The van der Waals surface area contributed by atoms with Crippen LogP contribution in [0.4, 0.5) is 10.1 Å². The number of ether oxygens (including phenoxy) is 1. The van der Waals surface area contributed by atoms with E-state index in [1.165, 1.54) is 42.5 Å². The van der Waals surface area contributed by atoms with Gasteiger partial charge in [-0.05, 0) is 45.8 Å². The molecule has 0 radical (unpaired) electrons. The molecule has 0 fully saturated rings. The fourth-order valence-corrected chi connectivity index (χ4v) is 2.58. The molecule has 0 N–H and O–H groups in total. The number of nitro groups is 1. The van der Waals surface area contributed by atoms with Crippen molar-refractivity contribution in [1.29, 1.82) is 0 Å². The van der Waals surface area contributed by atoms with Gasteiger partial charge in [-0.1, -0.05) is 12.1 Å². The molecule has 2 aromatic rings. The van der Waals surface area contributed by atoms with Gasteiger partial charge < -0.3 is 4.74 Å². The Balaban J connectivity index is 2.16. The fraction of sp³-hybridized carbons (Fsp3) is 0. The van der Waals surface area contributed by atoms with Gasteiger partial charge in [0.2, 0.25) is 0 Å². The third-order valence-electron chi connectivity index (χ3n) is 3.15. The van der Waals surface area contributed by atoms with Crippen LogP contribution in [0.15, 0.2) is 40.9 Å². The zero-order chi connectivity index (χ0) is 15.9. The first kappa shape index (κ1) is 14.4. The molecule has 0 atom stereocenters. The molecule has 0 aromatic heterocycles. The number of benzene rings is 2. The van der Waals surface area contributed by atoms with Crippen LogP contribution in [0.2, 0.25) is 0 Å². The molecule has 22 heavy (non-hydrogen) atoms. The Morgan fingerprint density at radius 3 is 2.73 bits per heavy atom. The van der Waals surface area contributed by atoms with Crippen molar-refractivity contribution in [3.63, 3.8) is 0 Å². The van der Waals surface area contributed by atoms with Gasteiger partial charge in [0.05, 0.1) is 15.0 Å². The molecule has 0 saturated carbocycles. The van der Waals surface area contributed by atoms with E-state index in [1.54, 1.807) is 0 Å². The molecular weight excluding hydrogens is 357 g/mol. The molecular formula is C15H7BrFNO4. The van der Waals surface area contributed by atoms with E-state index in [0.717, 1.165) is 0 Å². The molecule has 0 amide bonds. The van der Waals surface area contributed by atoms with Crippen molar-refractivity contribution in [2.24, 2.45) is 0 Å². The third-order valence-corrected chi connectivity index (χ3v) is 3.76. The topological polar surface area (TPSA) is 69.4 Å². The van der Waals surface area contributed by atoms with Gasteiger partial charge in [-0.15, -0.1) is 0 Å². The molecule has 1 heterocycles. The van der Waals surface area contributed by atoms with E-state index in [2.05, 4.69) is 15.9 Å². The lowest BCUT2D eigenvalue weighted by molar-refractivity contribution is -0.385. The molecule has 1 aliphatic rings. The summed E-state index contributed by atoms with van der Waals surface area (Å²) in [7, 11) is 0. The summed E-state index contributed by atoms with van der Waals surface area (Å²) in [4.78, 5) is 22.4. The van der Waals surface area contributed by atoms with Crippen LogP contribution in [-0.2, 0) is 4.74 Å². The standard InChI is InChI=1S/C15H7BrFNO4/c16-10-6-8(4-5-11(10)17)7-13-14-9(15(19)22-13)2-1-3-12(14)18(20)21/h1-7H/b13-7-. The molecule has 110 valence electrons. The maximum Gasteiger partial charge on any atom is 0.344 e. The monoisotopic (exact) mass is 363 g/mol. The second-order valence-corrected chi connectivity index (χ2v) is 5.38. The number of carbonyl (C=O) groups is 1. The molecule has 0 bridgehead atoms. The Kier molecular flexibility index (Phi) is 3.50. The molecule has 0 unspecified atom stereocenters. The van der Waals surface area contributed by atoms with Crippen LogP contribution >= 0.6 is 15.9 Å². The number of halogens is 2. The van der Waals surface area contributed by atoms with Crippen molar-refractivity contribution < 1.29 is 18.8 Å². The number of fused-ring (bicyclic) bond motifs is 1. The van der Waals surface area contributed by atoms with E-state index in [9.17, 15) is 19.3 Å². The highest BCUT2D eigenvalue weighted by Crippen LogP contribution is 2.37. The van der Waals surface area contributed by atoms with Crippen LogP contribution in [0.1, 0.15) is 21.5 Å². The molecule has 0 aliphatic carbocycles. The van der Waals surface area contributed by atoms with Gasteiger partial charge >= 0.3 is 5.97 Å². The van der Waals surface area contributed by atoms with E-state index in [1.807, 2.05) is 0 Å². The molecule has 0 saturated heterocycles. The largest absolute Gasteiger partial charge is 0.422 e. The van der Waals surface area contributed by atoms with Crippen molar-refractivity contribution in [2.45, 2.75) is 0 Å². The second kappa shape index (κ2) is 5.34. The third kappa shape index (κ3) is 2.39. The highest BCUT2D eigenvalue weighted by molar-refractivity contribution is 9.10. The van der Waals surface area contributed by atoms with E-state index >= 15 is 0 Å². The van der Waals surface area contributed by atoms with Crippen LogP contribution in [0.3, 0.4) is 0 Å². The predicted octanol–water partition coefficient (Wildman–Crippen LogP) is 4.16. The molecule has 7 heteroatoms. The number of carbonyl (C=O) groups excluding carboxylic acids is 1. The average Bonchev–Trinajstić information content (AvgIpc) is 2.79. The molecule has 0 spiro atoms. The number of hydrogen-bond donors (Lipinski definition) is 0. The minimum Gasteiger partial charge on any atom is -0.422 e. The highest BCUT2D eigenvalue weighted by atomic mass is 79.9. The van der Waals surface area contributed by atoms with E-state index in [4.69, 9.17) is 4.74 Å². The van der Waals surface area contributed by atoms with Gasteiger partial charge in [0.1, 0.15) is 17.1 Å². The fourth-order valence-electron chi connectivity index (χ4n) is 2.18. The van der Waals surface area contributed by atoms with Crippen LogP contribution in [0.25, 0.3) is 11.8 Å². The van der Waals surface area contributed by atoms with E-state index < -0.39 is 16.7 Å². The first-order valence-corrected chi connectivity index (χ1v) is 6.93. The number of esters is 1. The summed E-state index contributed by atoms with van der Waals surface area (Å²) in [5, 5.41) is 11.1. The lowest BCUT2D eigenvalue weighted by Gasteiger charge is -2.01. The first-order chi connectivity index (χ1) is 10.5. The molecule has 2 aromatic carbocycles. The zero-order valence-corrected chi connectivity index (χ0v) is 12.5. The Morgan fingerprint density at radius 2 is 2.05 bits per heavy atom. The lowest BCUT2D eigenvalue weighted by atomic mass is 10.0. The highest BCUT2D eigenvalue weighted by Gasteiger charge is 2.33. The van der Waals surface area contributed by atoms with Gasteiger partial charge in [-0.2, -0.15) is 0 Å². The van der Waals surface area contributed by atoms with Gasteiger partial charge in [-0.25, -0.2) is 9.18 Å². The van der Waals surface area contributed by atoms with Gasteiger partial charge in [0.25, 0.3) is 5.69 Å². The Morgan fingerprint density at radius 1 is 1.27 bits per heavy atom. The average molecular weight is 364 g/mol. The van der Waals surface area contributed by atoms with Crippen molar-refractivity contribution in [3.8, 4) is 0 Å². The Hall–Kier alpha value is -2.54. The quantitative estimate of drug-likeness (QED) is 0.456.